The second-order valence-electron chi connectivity index (χ2n) is 7.46. The van der Waals surface area contributed by atoms with Crippen molar-refractivity contribution in [2.75, 3.05) is 0 Å². The Balaban J connectivity index is 1.80. The topological polar surface area (TPSA) is 60.7 Å². The zero-order valence-corrected chi connectivity index (χ0v) is 16.6. The molecule has 3 aromatic rings. The standard InChI is InChI=1S/C22H17FN2O3S/c1-12(26)18-19-15-5-3-4-6-16(15)28-22(18,2)24-21-25(19)20(27)17(29-21)11-13-7-9-14(23)10-8-13/h3-11,18-19H,1-2H3/t18?,19?,22-/m1/s1. The monoisotopic (exact) mass is 408 g/mol. The van der Waals surface area contributed by atoms with Crippen LogP contribution < -0.4 is 19.6 Å². The summed E-state index contributed by atoms with van der Waals surface area (Å²) in [5.41, 5.74) is 0.231. The number of Topliss-reactive ketones (excluding diaryl/α,β-unsaturated/α-hetero) is 1. The van der Waals surface area contributed by atoms with Gasteiger partial charge in [0.15, 0.2) is 4.80 Å². The first-order valence-corrected chi connectivity index (χ1v) is 10.1. The van der Waals surface area contributed by atoms with Crippen molar-refractivity contribution >= 4 is 23.2 Å². The molecule has 2 bridgehead atoms. The molecule has 0 aliphatic carbocycles. The second kappa shape index (κ2) is 6.22. The maximum absolute atomic E-state index is 13.3. The van der Waals surface area contributed by atoms with Gasteiger partial charge in [0.05, 0.1) is 10.6 Å². The Bertz CT molecular complexity index is 1330. The molecule has 3 atom stereocenters. The lowest BCUT2D eigenvalue weighted by molar-refractivity contribution is -0.132. The van der Waals surface area contributed by atoms with E-state index in [0.29, 0.717) is 15.1 Å². The van der Waals surface area contributed by atoms with Gasteiger partial charge >= 0.3 is 0 Å². The normalized spacial score (nSPS) is 24.9. The third kappa shape index (κ3) is 2.68. The Hall–Kier alpha value is -3.06. The highest BCUT2D eigenvalue weighted by atomic mass is 32.1. The van der Waals surface area contributed by atoms with Gasteiger partial charge in [0.25, 0.3) is 5.56 Å². The van der Waals surface area contributed by atoms with Crippen molar-refractivity contribution in [1.82, 2.24) is 4.57 Å². The highest BCUT2D eigenvalue weighted by molar-refractivity contribution is 7.07. The fraction of sp³-hybridized carbons (Fsp3) is 0.227. The average Bonchev–Trinajstić information content (AvgIpc) is 2.96. The molecule has 2 unspecified atom stereocenters. The van der Waals surface area contributed by atoms with E-state index in [1.165, 1.54) is 30.4 Å². The number of ketones is 1. The van der Waals surface area contributed by atoms with Crippen LogP contribution in [-0.2, 0) is 4.79 Å². The molecule has 2 aliphatic heterocycles. The summed E-state index contributed by atoms with van der Waals surface area (Å²) in [6.07, 6.45) is 1.72. The van der Waals surface area contributed by atoms with Crippen LogP contribution in [0.1, 0.15) is 31.0 Å². The van der Waals surface area contributed by atoms with Crippen molar-refractivity contribution in [3.63, 3.8) is 0 Å². The largest absolute Gasteiger partial charge is 0.465 e. The first kappa shape index (κ1) is 18.0. The number of fused-ring (bicyclic) bond motifs is 6. The second-order valence-corrected chi connectivity index (χ2v) is 8.47. The van der Waals surface area contributed by atoms with Crippen molar-refractivity contribution in [1.29, 1.82) is 0 Å². The van der Waals surface area contributed by atoms with Gasteiger partial charge < -0.3 is 4.74 Å². The number of rotatable bonds is 2. The Morgan fingerprint density at radius 1 is 1.24 bits per heavy atom. The molecule has 0 spiro atoms. The van der Waals surface area contributed by atoms with Crippen molar-refractivity contribution in [3.05, 3.63) is 85.2 Å². The van der Waals surface area contributed by atoms with E-state index in [1.54, 1.807) is 29.7 Å². The van der Waals surface area contributed by atoms with Gasteiger partial charge in [-0.05, 0) is 43.7 Å². The number of carbonyl (C=O) groups is 1. The molecule has 0 radical (unpaired) electrons. The van der Waals surface area contributed by atoms with Crippen LogP contribution in [0.5, 0.6) is 5.75 Å². The smallest absolute Gasteiger partial charge is 0.270 e. The summed E-state index contributed by atoms with van der Waals surface area (Å²) in [5.74, 6) is -0.382. The molecule has 29 heavy (non-hydrogen) atoms. The van der Waals surface area contributed by atoms with Crippen LogP contribution in [0.3, 0.4) is 0 Å². The third-order valence-electron chi connectivity index (χ3n) is 5.49. The third-order valence-corrected chi connectivity index (χ3v) is 6.47. The van der Waals surface area contributed by atoms with Crippen LogP contribution in [0.4, 0.5) is 4.39 Å². The van der Waals surface area contributed by atoms with E-state index in [4.69, 9.17) is 9.73 Å². The summed E-state index contributed by atoms with van der Waals surface area (Å²) in [4.78, 5) is 31.1. The number of benzene rings is 2. The number of hydrogen-bond acceptors (Lipinski definition) is 5. The zero-order valence-electron chi connectivity index (χ0n) is 15.8. The summed E-state index contributed by atoms with van der Waals surface area (Å²) in [6.45, 7) is 3.30. The molecular formula is C22H17FN2O3S. The van der Waals surface area contributed by atoms with E-state index in [9.17, 15) is 14.0 Å². The lowest BCUT2D eigenvalue weighted by Gasteiger charge is -2.45. The average molecular weight is 408 g/mol. The highest BCUT2D eigenvalue weighted by Crippen LogP contribution is 2.47. The van der Waals surface area contributed by atoms with Gasteiger partial charge in [-0.2, -0.15) is 0 Å². The van der Waals surface area contributed by atoms with Gasteiger partial charge in [-0.3, -0.25) is 14.2 Å². The molecule has 0 fully saturated rings. The first-order valence-electron chi connectivity index (χ1n) is 9.24. The molecule has 146 valence electrons. The van der Waals surface area contributed by atoms with E-state index in [2.05, 4.69) is 0 Å². The lowest BCUT2D eigenvalue weighted by Crippen LogP contribution is -2.58. The summed E-state index contributed by atoms with van der Waals surface area (Å²) in [7, 11) is 0. The Morgan fingerprint density at radius 3 is 2.69 bits per heavy atom. The van der Waals surface area contributed by atoms with Crippen LogP contribution in [0.25, 0.3) is 6.08 Å². The maximum atomic E-state index is 13.3. The van der Waals surface area contributed by atoms with Gasteiger partial charge in [0.1, 0.15) is 23.3 Å². The summed E-state index contributed by atoms with van der Waals surface area (Å²) < 4.78 is 21.4. The molecule has 5 nitrogen and oxygen atoms in total. The maximum Gasteiger partial charge on any atom is 0.270 e. The van der Waals surface area contributed by atoms with Crippen LogP contribution in [0.15, 0.2) is 58.3 Å². The van der Waals surface area contributed by atoms with Crippen molar-refractivity contribution in [2.45, 2.75) is 25.6 Å². The van der Waals surface area contributed by atoms with Crippen LogP contribution in [-0.4, -0.2) is 16.1 Å². The predicted molar refractivity (Wildman–Crippen MR) is 107 cm³/mol. The van der Waals surface area contributed by atoms with E-state index >= 15 is 0 Å². The number of aromatic nitrogens is 1. The fourth-order valence-electron chi connectivity index (χ4n) is 4.27. The number of ether oxygens (including phenoxy) is 1. The van der Waals surface area contributed by atoms with Gasteiger partial charge in [0.2, 0.25) is 5.72 Å². The molecule has 0 saturated heterocycles. The van der Waals surface area contributed by atoms with Crippen LogP contribution in [0, 0.1) is 11.7 Å². The number of thiazole rings is 1. The molecule has 0 amide bonds. The molecule has 0 N–H and O–H groups in total. The minimum absolute atomic E-state index is 0.0800. The fourth-order valence-corrected chi connectivity index (χ4v) is 5.37. The molecule has 2 aliphatic rings. The SMILES string of the molecule is CC(=O)C1C2c3ccccc3O[C@@]1(C)N=c1sc(=Cc3ccc(F)cc3)c(=O)n12. The number of hydrogen-bond donors (Lipinski definition) is 0. The minimum Gasteiger partial charge on any atom is -0.465 e. The summed E-state index contributed by atoms with van der Waals surface area (Å²) >= 11 is 1.25. The van der Waals surface area contributed by atoms with Crippen LogP contribution >= 0.6 is 11.3 Å². The van der Waals surface area contributed by atoms with Gasteiger partial charge in [-0.15, -0.1) is 0 Å². The molecule has 1 aromatic heterocycles. The molecule has 3 heterocycles. The van der Waals surface area contributed by atoms with E-state index in [1.807, 2.05) is 24.3 Å². The van der Waals surface area contributed by atoms with E-state index in [-0.39, 0.29) is 17.2 Å². The number of para-hydroxylation sites is 1. The molecule has 5 rings (SSSR count). The molecule has 7 heteroatoms. The Morgan fingerprint density at radius 2 is 1.97 bits per heavy atom. The van der Waals surface area contributed by atoms with Crippen LogP contribution in [0.2, 0.25) is 0 Å². The highest BCUT2D eigenvalue weighted by Gasteiger charge is 2.53. The Kier molecular flexibility index (Phi) is 3.86. The van der Waals surface area contributed by atoms with Gasteiger partial charge in [-0.25, -0.2) is 9.38 Å². The number of halogens is 1. The van der Waals surface area contributed by atoms with E-state index in [0.717, 1.165) is 11.1 Å². The van der Waals surface area contributed by atoms with Crippen molar-refractivity contribution < 1.29 is 13.9 Å². The summed E-state index contributed by atoms with van der Waals surface area (Å²) in [6, 6.07) is 12.9. The lowest BCUT2D eigenvalue weighted by atomic mass is 9.79. The number of nitrogens with zero attached hydrogens (tertiary/aromatic N) is 2. The molecule has 0 saturated carbocycles. The predicted octanol–water partition coefficient (Wildman–Crippen LogP) is 2.41. The quantitative estimate of drug-likeness (QED) is 0.654. The van der Waals surface area contributed by atoms with Gasteiger partial charge in [0, 0.05) is 5.56 Å². The zero-order chi connectivity index (χ0) is 20.3. The Labute approximate surface area is 169 Å². The minimum atomic E-state index is -1.07. The number of carbonyl (C=O) groups excluding carboxylic acids is 1. The van der Waals surface area contributed by atoms with Gasteiger partial charge in [-0.1, -0.05) is 41.7 Å². The van der Waals surface area contributed by atoms with Crippen molar-refractivity contribution in [2.24, 2.45) is 10.9 Å². The van der Waals surface area contributed by atoms with Crippen molar-refractivity contribution in [3.8, 4) is 5.75 Å². The molecule has 2 aromatic carbocycles. The molecular weight excluding hydrogens is 391 g/mol. The summed E-state index contributed by atoms with van der Waals surface area (Å²) in [5, 5.41) is 0. The first-order chi connectivity index (χ1) is 13.9. The van der Waals surface area contributed by atoms with E-state index < -0.39 is 17.7 Å².